The van der Waals surface area contributed by atoms with Gasteiger partial charge in [-0.3, -0.25) is 10.1 Å². The highest BCUT2D eigenvalue weighted by Crippen LogP contribution is 2.55. The molecular weight excluding hydrogens is 266 g/mol. The molecular formula is C13H15NO6. The number of epoxide rings is 1. The minimum atomic E-state index is -0.780. The molecule has 20 heavy (non-hydrogen) atoms. The number of methoxy groups -OCH3 is 2. The topological polar surface area (TPSA) is 83.4 Å². The quantitative estimate of drug-likeness (QED) is 0.362. The Balaban J connectivity index is 1.97. The van der Waals surface area contributed by atoms with Crippen molar-refractivity contribution in [3.63, 3.8) is 0 Å². The Kier molecular flexibility index (Phi) is 2.93. The Bertz CT molecular complexity index is 558. The number of nitro groups is 1. The van der Waals surface area contributed by atoms with Crippen LogP contribution < -0.4 is 4.74 Å². The zero-order valence-corrected chi connectivity index (χ0v) is 11.4. The summed E-state index contributed by atoms with van der Waals surface area (Å²) in [6, 6.07) is 4.50. The van der Waals surface area contributed by atoms with Gasteiger partial charge in [0.05, 0.1) is 4.92 Å². The van der Waals surface area contributed by atoms with Crippen LogP contribution in [0.1, 0.15) is 18.6 Å². The van der Waals surface area contributed by atoms with E-state index in [1.165, 1.54) is 26.4 Å². The van der Waals surface area contributed by atoms with Gasteiger partial charge >= 0.3 is 0 Å². The number of non-ortho nitro benzene ring substituents is 1. The van der Waals surface area contributed by atoms with E-state index in [0.29, 0.717) is 11.3 Å². The number of ether oxygens (including phenoxy) is 4. The van der Waals surface area contributed by atoms with Crippen molar-refractivity contribution in [1.82, 2.24) is 0 Å². The lowest BCUT2D eigenvalue weighted by Crippen LogP contribution is -2.53. The van der Waals surface area contributed by atoms with Crippen LogP contribution in [0.4, 0.5) is 5.69 Å². The van der Waals surface area contributed by atoms with Gasteiger partial charge in [-0.15, -0.1) is 0 Å². The number of hydrogen-bond acceptors (Lipinski definition) is 6. The monoisotopic (exact) mass is 281 g/mol. The van der Waals surface area contributed by atoms with Gasteiger partial charge in [-0.25, -0.2) is 0 Å². The molecule has 1 aromatic carbocycles. The van der Waals surface area contributed by atoms with E-state index < -0.39 is 16.8 Å². The fraction of sp³-hybridized carbons (Fsp3) is 0.538. The number of fused-ring (bicyclic) bond motifs is 3. The maximum absolute atomic E-state index is 10.8. The largest absolute Gasteiger partial charge is 0.479 e. The zero-order valence-electron chi connectivity index (χ0n) is 11.4. The van der Waals surface area contributed by atoms with Gasteiger partial charge in [0.15, 0.2) is 11.9 Å². The first-order valence-corrected chi connectivity index (χ1v) is 6.19. The highest BCUT2D eigenvalue weighted by Gasteiger charge is 2.63. The Morgan fingerprint density at radius 2 is 2.10 bits per heavy atom. The summed E-state index contributed by atoms with van der Waals surface area (Å²) in [5.74, 6) is 0.566. The highest BCUT2D eigenvalue weighted by atomic mass is 16.7. The van der Waals surface area contributed by atoms with Crippen molar-refractivity contribution < 1.29 is 23.9 Å². The molecule has 2 aliphatic heterocycles. The summed E-state index contributed by atoms with van der Waals surface area (Å²) in [6.07, 6.45) is -1.03. The first kappa shape index (κ1) is 13.3. The summed E-state index contributed by atoms with van der Waals surface area (Å²) in [5.41, 5.74) is -0.0509. The van der Waals surface area contributed by atoms with Crippen molar-refractivity contribution in [3.05, 3.63) is 33.9 Å². The van der Waals surface area contributed by atoms with E-state index in [1.54, 1.807) is 6.07 Å². The van der Waals surface area contributed by atoms with Crippen LogP contribution in [0, 0.1) is 10.1 Å². The first-order valence-electron chi connectivity index (χ1n) is 6.19. The molecule has 7 nitrogen and oxygen atoms in total. The molecule has 1 aromatic rings. The molecule has 1 fully saturated rings. The molecule has 0 radical (unpaired) electrons. The van der Waals surface area contributed by atoms with Crippen molar-refractivity contribution in [1.29, 1.82) is 0 Å². The van der Waals surface area contributed by atoms with E-state index in [4.69, 9.17) is 18.9 Å². The first-order chi connectivity index (χ1) is 9.51. The SMILES string of the molecule is COC(OC)[C@@]1(C)Oc2ccc([N+](=O)[O-])cc2[C@@H]2O[C@H]21. The molecule has 0 N–H and O–H groups in total. The minimum Gasteiger partial charge on any atom is -0.479 e. The van der Waals surface area contributed by atoms with E-state index in [9.17, 15) is 10.1 Å². The third kappa shape index (κ3) is 1.78. The predicted molar refractivity (Wildman–Crippen MR) is 67.5 cm³/mol. The van der Waals surface area contributed by atoms with Gasteiger partial charge in [0.25, 0.3) is 5.69 Å². The van der Waals surface area contributed by atoms with Crippen molar-refractivity contribution >= 4 is 5.69 Å². The second-order valence-corrected chi connectivity index (χ2v) is 5.05. The predicted octanol–water partition coefficient (Wildman–Crippen LogP) is 1.80. The molecule has 0 aromatic heterocycles. The molecule has 0 unspecified atom stereocenters. The fourth-order valence-corrected chi connectivity index (χ4v) is 2.79. The Hall–Kier alpha value is -1.70. The molecule has 0 aliphatic carbocycles. The van der Waals surface area contributed by atoms with Crippen LogP contribution in [0.2, 0.25) is 0 Å². The van der Waals surface area contributed by atoms with E-state index in [-0.39, 0.29) is 17.9 Å². The molecule has 2 heterocycles. The van der Waals surface area contributed by atoms with Crippen molar-refractivity contribution in [2.24, 2.45) is 0 Å². The molecule has 7 heteroatoms. The lowest BCUT2D eigenvalue weighted by atomic mass is 9.91. The van der Waals surface area contributed by atoms with Crippen LogP contribution in [0.5, 0.6) is 5.75 Å². The van der Waals surface area contributed by atoms with Gasteiger partial charge in [-0.1, -0.05) is 0 Å². The summed E-state index contributed by atoms with van der Waals surface area (Å²) in [7, 11) is 3.07. The van der Waals surface area contributed by atoms with Gasteiger partial charge in [0, 0.05) is 31.9 Å². The maximum atomic E-state index is 10.8. The van der Waals surface area contributed by atoms with Crippen LogP contribution in [-0.2, 0) is 14.2 Å². The summed E-state index contributed by atoms with van der Waals surface area (Å²) >= 11 is 0. The molecule has 0 bridgehead atoms. The molecule has 0 spiro atoms. The van der Waals surface area contributed by atoms with E-state index in [1.807, 2.05) is 6.92 Å². The number of rotatable bonds is 4. The molecule has 3 atom stereocenters. The average Bonchev–Trinajstić information content (AvgIpc) is 3.21. The minimum absolute atomic E-state index is 0.0280. The maximum Gasteiger partial charge on any atom is 0.270 e. The summed E-state index contributed by atoms with van der Waals surface area (Å²) in [4.78, 5) is 10.4. The summed E-state index contributed by atoms with van der Waals surface area (Å²) < 4.78 is 22.1. The van der Waals surface area contributed by atoms with Gasteiger partial charge in [0.2, 0.25) is 0 Å². The summed E-state index contributed by atoms with van der Waals surface area (Å²) in [6.45, 7) is 1.85. The van der Waals surface area contributed by atoms with Crippen molar-refractivity contribution in [2.45, 2.75) is 31.0 Å². The Labute approximate surface area is 115 Å². The molecule has 3 rings (SSSR count). The lowest BCUT2D eigenvalue weighted by molar-refractivity contribution is -0.385. The van der Waals surface area contributed by atoms with Gasteiger partial charge in [0.1, 0.15) is 18.0 Å². The number of nitro benzene ring substituents is 1. The van der Waals surface area contributed by atoms with Crippen LogP contribution in [0.3, 0.4) is 0 Å². The second kappa shape index (κ2) is 4.41. The number of hydrogen-bond donors (Lipinski definition) is 0. The molecule has 1 saturated heterocycles. The van der Waals surface area contributed by atoms with Gasteiger partial charge in [-0.2, -0.15) is 0 Å². The van der Waals surface area contributed by atoms with Crippen LogP contribution in [0.25, 0.3) is 0 Å². The molecule has 0 amide bonds. The Morgan fingerprint density at radius 1 is 1.40 bits per heavy atom. The third-order valence-electron chi connectivity index (χ3n) is 3.79. The van der Waals surface area contributed by atoms with Crippen molar-refractivity contribution in [3.8, 4) is 5.75 Å². The average molecular weight is 281 g/mol. The zero-order chi connectivity index (χ0) is 14.5. The molecule has 108 valence electrons. The number of benzene rings is 1. The van der Waals surface area contributed by atoms with E-state index >= 15 is 0 Å². The number of nitrogens with zero attached hydrogens (tertiary/aromatic N) is 1. The smallest absolute Gasteiger partial charge is 0.270 e. The third-order valence-corrected chi connectivity index (χ3v) is 3.79. The highest BCUT2D eigenvalue weighted by molar-refractivity contribution is 5.49. The van der Waals surface area contributed by atoms with Crippen LogP contribution >= 0.6 is 0 Å². The Morgan fingerprint density at radius 3 is 2.70 bits per heavy atom. The molecule has 0 saturated carbocycles. The van der Waals surface area contributed by atoms with E-state index in [2.05, 4.69) is 0 Å². The fourth-order valence-electron chi connectivity index (χ4n) is 2.79. The summed E-state index contributed by atoms with van der Waals surface area (Å²) in [5, 5.41) is 10.8. The normalized spacial score (nSPS) is 30.4. The van der Waals surface area contributed by atoms with Gasteiger partial charge in [-0.05, 0) is 13.0 Å². The van der Waals surface area contributed by atoms with Crippen molar-refractivity contribution in [2.75, 3.05) is 14.2 Å². The van der Waals surface area contributed by atoms with Crippen LogP contribution in [-0.4, -0.2) is 37.1 Å². The second-order valence-electron chi connectivity index (χ2n) is 5.05. The lowest BCUT2D eigenvalue weighted by Gasteiger charge is -2.37. The standard InChI is InChI=1S/C13H15NO6/c1-13(12(17-2)18-3)11-10(19-11)8-6-7(14(15)16)4-5-9(8)20-13/h4-6,10-12H,1-3H3/t10-,11+,13-/m0/s1. The molecule has 2 aliphatic rings. The van der Waals surface area contributed by atoms with Gasteiger partial charge < -0.3 is 18.9 Å². The van der Waals surface area contributed by atoms with E-state index in [0.717, 1.165) is 0 Å². The van der Waals surface area contributed by atoms with Crippen LogP contribution in [0.15, 0.2) is 18.2 Å².